The second-order valence-corrected chi connectivity index (χ2v) is 6.02. The van der Waals surface area contributed by atoms with Crippen molar-refractivity contribution >= 4 is 5.91 Å². The van der Waals surface area contributed by atoms with Gasteiger partial charge in [0.25, 0.3) is 0 Å². The molecule has 0 fully saturated rings. The van der Waals surface area contributed by atoms with Crippen LogP contribution in [0.1, 0.15) is 22.3 Å². The number of methoxy groups -OCH3 is 1. The number of ether oxygens (including phenoxy) is 1. The Labute approximate surface area is 136 Å². The van der Waals surface area contributed by atoms with Crippen LogP contribution in [0.15, 0.2) is 42.5 Å². The maximum absolute atomic E-state index is 10.9. The van der Waals surface area contributed by atoms with Crippen molar-refractivity contribution in [2.24, 2.45) is 5.73 Å². The van der Waals surface area contributed by atoms with Crippen molar-refractivity contribution in [2.45, 2.75) is 25.9 Å². The van der Waals surface area contributed by atoms with Crippen LogP contribution in [0.4, 0.5) is 0 Å². The quantitative estimate of drug-likeness (QED) is 0.922. The Kier molecular flexibility index (Phi) is 4.63. The Balaban J connectivity index is 1.66. The first-order valence-corrected chi connectivity index (χ1v) is 7.89. The van der Waals surface area contributed by atoms with Gasteiger partial charge in [-0.1, -0.05) is 36.4 Å². The van der Waals surface area contributed by atoms with Crippen LogP contribution < -0.4 is 10.5 Å². The average Bonchev–Trinajstić information content (AvgIpc) is 2.55. The maximum Gasteiger partial charge on any atom is 0.221 e. The van der Waals surface area contributed by atoms with Gasteiger partial charge in [-0.25, -0.2) is 0 Å². The number of carbonyl (C=O) groups is 1. The normalized spacial score (nSPS) is 14.3. The number of fused-ring (bicyclic) bond motifs is 1. The number of amides is 1. The Morgan fingerprint density at radius 1 is 1.17 bits per heavy atom. The fourth-order valence-corrected chi connectivity index (χ4v) is 3.18. The van der Waals surface area contributed by atoms with Gasteiger partial charge in [0, 0.05) is 19.6 Å². The molecule has 0 bridgehead atoms. The molecule has 23 heavy (non-hydrogen) atoms. The number of nitrogens with zero attached hydrogens (tertiary/aromatic N) is 1. The molecule has 1 aliphatic rings. The van der Waals surface area contributed by atoms with Gasteiger partial charge in [-0.15, -0.1) is 0 Å². The van der Waals surface area contributed by atoms with Gasteiger partial charge in [-0.3, -0.25) is 9.69 Å². The number of rotatable bonds is 5. The molecule has 0 spiro atoms. The van der Waals surface area contributed by atoms with Crippen LogP contribution in [-0.4, -0.2) is 24.5 Å². The highest BCUT2D eigenvalue weighted by Gasteiger charge is 2.19. The van der Waals surface area contributed by atoms with E-state index >= 15 is 0 Å². The summed E-state index contributed by atoms with van der Waals surface area (Å²) in [5, 5.41) is 0. The molecule has 4 heteroatoms. The molecule has 0 radical (unpaired) electrons. The highest BCUT2D eigenvalue weighted by Crippen LogP contribution is 2.28. The Bertz CT molecular complexity index is 695. The molecule has 120 valence electrons. The molecular weight excluding hydrogens is 288 g/mol. The highest BCUT2D eigenvalue weighted by atomic mass is 16.5. The molecule has 2 aromatic rings. The van der Waals surface area contributed by atoms with Gasteiger partial charge in [0.15, 0.2) is 0 Å². The van der Waals surface area contributed by atoms with Crippen molar-refractivity contribution in [3.05, 3.63) is 64.7 Å². The van der Waals surface area contributed by atoms with E-state index < -0.39 is 0 Å². The number of hydrogen-bond acceptors (Lipinski definition) is 3. The van der Waals surface area contributed by atoms with E-state index in [1.165, 1.54) is 16.7 Å². The molecule has 1 amide bonds. The molecule has 1 aliphatic heterocycles. The second-order valence-electron chi connectivity index (χ2n) is 6.02. The first-order valence-electron chi connectivity index (χ1n) is 7.89. The first-order chi connectivity index (χ1) is 11.2. The van der Waals surface area contributed by atoms with E-state index in [4.69, 9.17) is 10.5 Å². The fraction of sp³-hybridized carbons (Fsp3) is 0.316. The molecule has 3 rings (SSSR count). The van der Waals surface area contributed by atoms with E-state index in [1.807, 2.05) is 18.2 Å². The van der Waals surface area contributed by atoms with Crippen LogP contribution in [0.2, 0.25) is 0 Å². The zero-order valence-electron chi connectivity index (χ0n) is 13.4. The summed E-state index contributed by atoms with van der Waals surface area (Å²) >= 11 is 0. The summed E-state index contributed by atoms with van der Waals surface area (Å²) in [7, 11) is 1.73. The molecule has 0 saturated carbocycles. The smallest absolute Gasteiger partial charge is 0.221 e. The SMILES string of the molecule is COc1cccc2c1CCN(Cc1ccc(CC(N)=O)cc1)C2. The number of nitrogens with two attached hydrogens (primary N) is 1. The summed E-state index contributed by atoms with van der Waals surface area (Å²) in [5.74, 6) is 0.706. The first kappa shape index (κ1) is 15.6. The molecule has 0 aliphatic carbocycles. The van der Waals surface area contributed by atoms with Crippen molar-refractivity contribution in [2.75, 3.05) is 13.7 Å². The van der Waals surface area contributed by atoms with Crippen molar-refractivity contribution in [3.63, 3.8) is 0 Å². The van der Waals surface area contributed by atoms with E-state index in [-0.39, 0.29) is 5.91 Å². The zero-order chi connectivity index (χ0) is 16.2. The summed E-state index contributed by atoms with van der Waals surface area (Å²) in [6, 6.07) is 14.4. The average molecular weight is 310 g/mol. The van der Waals surface area contributed by atoms with Crippen LogP contribution >= 0.6 is 0 Å². The third kappa shape index (κ3) is 3.71. The maximum atomic E-state index is 10.9. The topological polar surface area (TPSA) is 55.6 Å². The van der Waals surface area contributed by atoms with E-state index in [9.17, 15) is 4.79 Å². The molecule has 0 atom stereocenters. The molecule has 2 N–H and O–H groups in total. The Morgan fingerprint density at radius 3 is 2.61 bits per heavy atom. The number of benzene rings is 2. The summed E-state index contributed by atoms with van der Waals surface area (Å²) < 4.78 is 5.45. The van der Waals surface area contributed by atoms with Gasteiger partial charge in [0.1, 0.15) is 5.75 Å². The minimum atomic E-state index is -0.292. The summed E-state index contributed by atoms with van der Waals surface area (Å²) in [4.78, 5) is 13.4. The van der Waals surface area contributed by atoms with Gasteiger partial charge >= 0.3 is 0 Å². The fourth-order valence-electron chi connectivity index (χ4n) is 3.18. The van der Waals surface area contributed by atoms with E-state index in [0.717, 1.165) is 37.4 Å². The van der Waals surface area contributed by atoms with Crippen molar-refractivity contribution < 1.29 is 9.53 Å². The third-order valence-electron chi connectivity index (χ3n) is 4.33. The van der Waals surface area contributed by atoms with Crippen molar-refractivity contribution in [1.29, 1.82) is 0 Å². The van der Waals surface area contributed by atoms with Crippen LogP contribution in [0.3, 0.4) is 0 Å². The van der Waals surface area contributed by atoms with E-state index in [2.05, 4.69) is 29.2 Å². The molecule has 0 aromatic heterocycles. The lowest BCUT2D eigenvalue weighted by Gasteiger charge is -2.29. The number of primary amides is 1. The highest BCUT2D eigenvalue weighted by molar-refractivity contribution is 5.76. The zero-order valence-corrected chi connectivity index (χ0v) is 13.4. The van der Waals surface area contributed by atoms with Gasteiger partial charge < -0.3 is 10.5 Å². The van der Waals surface area contributed by atoms with E-state index in [1.54, 1.807) is 7.11 Å². The predicted octanol–water partition coefficient (Wildman–Crippen LogP) is 2.28. The van der Waals surface area contributed by atoms with Gasteiger partial charge in [0.05, 0.1) is 13.5 Å². The second kappa shape index (κ2) is 6.84. The van der Waals surface area contributed by atoms with Crippen LogP contribution in [-0.2, 0) is 30.7 Å². The predicted molar refractivity (Wildman–Crippen MR) is 90.2 cm³/mol. The van der Waals surface area contributed by atoms with Gasteiger partial charge in [0.2, 0.25) is 5.91 Å². The number of carbonyl (C=O) groups excluding carboxylic acids is 1. The largest absolute Gasteiger partial charge is 0.496 e. The molecule has 0 saturated heterocycles. The van der Waals surface area contributed by atoms with Crippen LogP contribution in [0.5, 0.6) is 5.75 Å². The van der Waals surface area contributed by atoms with Gasteiger partial charge in [-0.05, 0) is 34.7 Å². The Morgan fingerprint density at radius 2 is 1.91 bits per heavy atom. The molecule has 1 heterocycles. The van der Waals surface area contributed by atoms with E-state index in [0.29, 0.717) is 6.42 Å². The summed E-state index contributed by atoms with van der Waals surface area (Å²) in [5.41, 5.74) is 10.1. The van der Waals surface area contributed by atoms with Crippen molar-refractivity contribution in [3.8, 4) is 5.75 Å². The minimum Gasteiger partial charge on any atom is -0.496 e. The Hall–Kier alpha value is -2.33. The standard InChI is InChI=1S/C19H22N2O2/c1-23-18-4-2-3-16-13-21(10-9-17(16)18)12-15-7-5-14(6-8-15)11-19(20)22/h2-8H,9-13H2,1H3,(H2,20,22). The molecule has 0 unspecified atom stereocenters. The lowest BCUT2D eigenvalue weighted by Crippen LogP contribution is -2.30. The monoisotopic (exact) mass is 310 g/mol. The summed E-state index contributed by atoms with van der Waals surface area (Å²) in [6.45, 7) is 2.87. The van der Waals surface area contributed by atoms with Gasteiger partial charge in [-0.2, -0.15) is 0 Å². The lowest BCUT2D eigenvalue weighted by atomic mass is 9.98. The lowest BCUT2D eigenvalue weighted by molar-refractivity contribution is -0.117. The molecule has 2 aromatic carbocycles. The third-order valence-corrected chi connectivity index (χ3v) is 4.33. The van der Waals surface area contributed by atoms with Crippen molar-refractivity contribution in [1.82, 2.24) is 4.90 Å². The summed E-state index contributed by atoms with van der Waals surface area (Å²) in [6.07, 6.45) is 1.32. The number of hydrogen-bond donors (Lipinski definition) is 1. The van der Waals surface area contributed by atoms with Crippen LogP contribution in [0.25, 0.3) is 0 Å². The minimum absolute atomic E-state index is 0.292. The molecular formula is C19H22N2O2. The van der Waals surface area contributed by atoms with Crippen LogP contribution in [0, 0.1) is 0 Å². The molecule has 4 nitrogen and oxygen atoms in total.